The van der Waals surface area contributed by atoms with Gasteiger partial charge in [-0.3, -0.25) is 0 Å². The summed E-state index contributed by atoms with van der Waals surface area (Å²) in [6.07, 6.45) is -1.31. The van der Waals surface area contributed by atoms with Crippen molar-refractivity contribution < 1.29 is 6.48 Å². The molecule has 0 rings (SSSR count). The molecule has 1 unspecified atom stereocenters. The van der Waals surface area contributed by atoms with Crippen LogP contribution >= 0.6 is 0 Å². The zero-order chi connectivity index (χ0) is 7.00. The maximum atomic E-state index is 9.02. The van der Waals surface area contributed by atoms with Gasteiger partial charge in [-0.15, -0.1) is 0 Å². The Kier molecular flexibility index (Phi) is 1.33. The predicted molar refractivity (Wildman–Crippen MR) is 31.1 cm³/mol. The summed E-state index contributed by atoms with van der Waals surface area (Å²) in [5, 5.41) is 9.02. The number of rotatable bonds is 0. The van der Waals surface area contributed by atoms with E-state index in [0.717, 1.165) is 0 Å². The Morgan fingerprint density at radius 1 is 1.57 bits per heavy atom. The molecular weight excluding hydrogens is 88.1 g/mol. The van der Waals surface area contributed by atoms with Gasteiger partial charge in [-0.25, -0.2) is 0 Å². The van der Waals surface area contributed by atoms with Crippen LogP contribution in [-0.2, 0) is 0 Å². The second-order valence-corrected chi connectivity index (χ2v) is 2.84. The van der Waals surface area contributed by atoms with E-state index in [1.165, 1.54) is 6.92 Å². The number of hydrogen-bond donors (Lipinski definition) is 1. The largest absolute Gasteiger partial charge is 0.393 e. The highest BCUT2D eigenvalue weighted by Gasteiger charge is 2.15. The molecule has 0 fully saturated rings. The Labute approximate surface area is 46.8 Å². The zero-order valence-corrected chi connectivity index (χ0v) is 5.45. The van der Waals surface area contributed by atoms with Crippen LogP contribution in [0.4, 0.5) is 0 Å². The highest BCUT2D eigenvalue weighted by atomic mass is 16.3. The van der Waals surface area contributed by atoms with Gasteiger partial charge in [0.15, 0.2) is 0 Å². The Hall–Kier alpha value is -0.0400. The van der Waals surface area contributed by atoms with Crippen molar-refractivity contribution in [1.82, 2.24) is 0 Å². The smallest absolute Gasteiger partial charge is 0.0603 e. The molecule has 1 nitrogen and oxygen atoms in total. The first-order valence-corrected chi connectivity index (χ1v) is 2.47. The summed E-state index contributed by atoms with van der Waals surface area (Å²) >= 11 is 0. The normalized spacial score (nSPS) is 23.3. The molecule has 0 aliphatic heterocycles. The van der Waals surface area contributed by atoms with Crippen LogP contribution in [0.1, 0.15) is 29.1 Å². The lowest BCUT2D eigenvalue weighted by atomic mass is 9.91. The quantitative estimate of drug-likeness (QED) is 0.491. The van der Waals surface area contributed by atoms with Gasteiger partial charge in [0, 0.05) is 0 Å². The molecule has 7 heavy (non-hydrogen) atoms. The maximum Gasteiger partial charge on any atom is 0.0603 e. The van der Waals surface area contributed by atoms with Crippen molar-refractivity contribution in [2.75, 3.05) is 0 Å². The van der Waals surface area contributed by atoms with Crippen LogP contribution in [0.25, 0.3) is 0 Å². The molecule has 0 saturated carbocycles. The molecule has 0 heterocycles. The van der Waals surface area contributed by atoms with Gasteiger partial charge in [0.25, 0.3) is 0 Å². The van der Waals surface area contributed by atoms with Crippen molar-refractivity contribution in [2.24, 2.45) is 5.41 Å². The van der Waals surface area contributed by atoms with E-state index in [-0.39, 0.29) is 5.41 Å². The third-order valence-electron chi connectivity index (χ3n) is 1.09. The average molecular weight is 103 g/mol. The molecule has 44 valence electrons. The highest BCUT2D eigenvalue weighted by Crippen LogP contribution is 2.17. The molecule has 0 aromatic rings. The Morgan fingerprint density at radius 2 is 1.71 bits per heavy atom. The van der Waals surface area contributed by atoms with Crippen LogP contribution in [0, 0.1) is 5.41 Å². The van der Waals surface area contributed by atoms with Crippen LogP contribution in [0.5, 0.6) is 0 Å². The third kappa shape index (κ3) is 2.63. The second kappa shape index (κ2) is 1.83. The number of hydrogen-bond acceptors (Lipinski definition) is 1. The molecule has 1 heteroatoms. The summed E-state index contributed by atoms with van der Waals surface area (Å²) in [5.74, 6) is 0. The third-order valence-corrected chi connectivity index (χ3v) is 1.09. The molecule has 0 aliphatic rings. The van der Waals surface area contributed by atoms with Crippen LogP contribution < -0.4 is 0 Å². The Balaban J connectivity index is 4.02. The summed E-state index contributed by atoms with van der Waals surface area (Å²) in [7, 11) is 0. The van der Waals surface area contributed by atoms with E-state index >= 15 is 0 Å². The monoisotopic (exact) mass is 103 g/mol. The summed E-state index contributed by atoms with van der Waals surface area (Å²) in [5.41, 5.74) is -0.340. The molecule has 0 spiro atoms. The SMILES string of the molecule is [2H]C(C)(O)C(C)(C)C. The minimum absolute atomic E-state index is 0.340. The van der Waals surface area contributed by atoms with Crippen molar-refractivity contribution in [3.8, 4) is 0 Å². The van der Waals surface area contributed by atoms with Crippen molar-refractivity contribution in [3.63, 3.8) is 0 Å². The Bertz CT molecular complexity index is 63.5. The van der Waals surface area contributed by atoms with Crippen LogP contribution in [0.15, 0.2) is 0 Å². The van der Waals surface area contributed by atoms with Gasteiger partial charge >= 0.3 is 0 Å². The fourth-order valence-corrected chi connectivity index (χ4v) is 0. The van der Waals surface area contributed by atoms with E-state index in [2.05, 4.69) is 0 Å². The second-order valence-electron chi connectivity index (χ2n) is 2.84. The first-order valence-electron chi connectivity index (χ1n) is 2.97. The molecule has 1 atom stereocenters. The molecule has 0 bridgehead atoms. The standard InChI is InChI=1S/C6H14O/c1-5(7)6(2,3)4/h5,7H,1-4H3/i5D. The number of aliphatic hydroxyl groups is 1. The van der Waals surface area contributed by atoms with E-state index in [1.807, 2.05) is 20.8 Å². The van der Waals surface area contributed by atoms with Gasteiger partial charge in [0.1, 0.15) is 0 Å². The molecule has 0 saturated heterocycles. The van der Waals surface area contributed by atoms with Crippen molar-refractivity contribution in [2.45, 2.75) is 33.8 Å². The zero-order valence-electron chi connectivity index (χ0n) is 6.45. The first-order chi connectivity index (χ1) is 3.25. The van der Waals surface area contributed by atoms with E-state index in [0.29, 0.717) is 0 Å². The molecular formula is C6H14O. The van der Waals surface area contributed by atoms with Crippen molar-refractivity contribution in [3.05, 3.63) is 0 Å². The van der Waals surface area contributed by atoms with Crippen molar-refractivity contribution in [1.29, 1.82) is 0 Å². The first kappa shape index (κ1) is 5.10. The van der Waals surface area contributed by atoms with Gasteiger partial charge in [-0.05, 0) is 12.3 Å². The summed E-state index contributed by atoms with van der Waals surface area (Å²) in [6, 6.07) is 0. The lowest BCUT2D eigenvalue weighted by Gasteiger charge is -2.21. The van der Waals surface area contributed by atoms with Gasteiger partial charge in [0.2, 0.25) is 0 Å². The summed E-state index contributed by atoms with van der Waals surface area (Å²) in [6.45, 7) is 6.99. The van der Waals surface area contributed by atoms with Gasteiger partial charge in [-0.2, -0.15) is 0 Å². The predicted octanol–water partition coefficient (Wildman–Crippen LogP) is 1.41. The summed E-state index contributed by atoms with van der Waals surface area (Å²) < 4.78 is 7.14. The fraction of sp³-hybridized carbons (Fsp3) is 1.00. The molecule has 0 aromatic carbocycles. The lowest BCUT2D eigenvalue weighted by molar-refractivity contribution is 0.0801. The maximum absolute atomic E-state index is 9.02. The summed E-state index contributed by atoms with van der Waals surface area (Å²) in [4.78, 5) is 0. The molecule has 0 amide bonds. The topological polar surface area (TPSA) is 20.2 Å². The van der Waals surface area contributed by atoms with E-state index in [1.54, 1.807) is 0 Å². The van der Waals surface area contributed by atoms with E-state index in [9.17, 15) is 0 Å². The van der Waals surface area contributed by atoms with E-state index in [4.69, 9.17) is 6.48 Å². The molecule has 0 radical (unpaired) electrons. The van der Waals surface area contributed by atoms with Crippen molar-refractivity contribution >= 4 is 0 Å². The fourth-order valence-electron chi connectivity index (χ4n) is 0. The Morgan fingerprint density at radius 3 is 1.71 bits per heavy atom. The van der Waals surface area contributed by atoms with Crippen LogP contribution in [-0.4, -0.2) is 11.2 Å². The molecule has 0 aliphatic carbocycles. The van der Waals surface area contributed by atoms with Gasteiger partial charge in [-0.1, -0.05) is 20.8 Å². The molecule has 0 aromatic heterocycles. The highest BCUT2D eigenvalue weighted by molar-refractivity contribution is 4.66. The minimum atomic E-state index is -1.31. The average Bonchev–Trinajstić information content (AvgIpc) is 1.25. The van der Waals surface area contributed by atoms with Gasteiger partial charge in [0.05, 0.1) is 7.45 Å². The van der Waals surface area contributed by atoms with Crippen LogP contribution in [0.2, 0.25) is 0 Å². The van der Waals surface area contributed by atoms with E-state index < -0.39 is 6.08 Å². The molecule has 1 N–H and O–H groups in total. The van der Waals surface area contributed by atoms with Gasteiger partial charge < -0.3 is 5.11 Å². The lowest BCUT2D eigenvalue weighted by Crippen LogP contribution is -2.21. The van der Waals surface area contributed by atoms with Crippen LogP contribution in [0.3, 0.4) is 0 Å². The minimum Gasteiger partial charge on any atom is -0.393 e.